The van der Waals surface area contributed by atoms with Crippen molar-refractivity contribution in [3.05, 3.63) is 51.9 Å². The molecule has 3 aliphatic rings. The molecule has 0 amide bonds. The maximum Gasteiger partial charge on any atom is 0.419 e. The Kier molecular flexibility index (Phi) is 9.59. The Labute approximate surface area is 237 Å². The Morgan fingerprint density at radius 3 is 2.28 bits per heavy atom. The van der Waals surface area contributed by atoms with E-state index in [1.165, 1.54) is 12.3 Å². The highest BCUT2D eigenvalue weighted by molar-refractivity contribution is 6.35. The molecule has 12 heteroatoms. The minimum atomic E-state index is -4.46. The first kappa shape index (κ1) is 29.4. The summed E-state index contributed by atoms with van der Waals surface area (Å²) in [4.78, 5) is 24.4. The van der Waals surface area contributed by atoms with Crippen LogP contribution in [0, 0.1) is 0 Å². The van der Waals surface area contributed by atoms with Gasteiger partial charge >= 0.3 is 6.18 Å². The second-order valence-electron chi connectivity index (χ2n) is 9.57. The minimum absolute atomic E-state index is 0.0441. The molecule has 7 nitrogen and oxygen atoms in total. The van der Waals surface area contributed by atoms with Crippen molar-refractivity contribution in [3.63, 3.8) is 0 Å². The van der Waals surface area contributed by atoms with Gasteiger partial charge in [-0.2, -0.15) is 28.1 Å². The summed E-state index contributed by atoms with van der Waals surface area (Å²) in [6, 6.07) is 2.69. The van der Waals surface area contributed by atoms with Crippen molar-refractivity contribution >= 4 is 40.9 Å². The van der Waals surface area contributed by atoms with Crippen molar-refractivity contribution in [3.8, 4) is 0 Å². The molecule has 0 N–H and O–H groups in total. The van der Waals surface area contributed by atoms with Crippen LogP contribution in [0.5, 0.6) is 0 Å². The van der Waals surface area contributed by atoms with Gasteiger partial charge in [0.15, 0.2) is 0 Å². The maximum atomic E-state index is 13.5. The van der Waals surface area contributed by atoms with Crippen LogP contribution in [-0.2, 0) is 6.18 Å². The van der Waals surface area contributed by atoms with Gasteiger partial charge in [0.05, 0.1) is 11.5 Å². The summed E-state index contributed by atoms with van der Waals surface area (Å²) in [5.74, 6) is 1.47. The second-order valence-corrected chi connectivity index (χ2v) is 10.4. The number of anilines is 3. The van der Waals surface area contributed by atoms with Crippen LogP contribution < -0.4 is 14.7 Å². The van der Waals surface area contributed by atoms with E-state index >= 15 is 0 Å². The van der Waals surface area contributed by atoms with Crippen LogP contribution >= 0.6 is 23.2 Å². The highest BCUT2D eigenvalue weighted by atomic mass is 35.5. The van der Waals surface area contributed by atoms with Crippen LogP contribution in [-0.4, -0.2) is 58.7 Å². The van der Waals surface area contributed by atoms with Crippen LogP contribution in [0.4, 0.5) is 30.9 Å². The predicted octanol–water partition coefficient (Wildman–Crippen LogP) is 6.75. The van der Waals surface area contributed by atoms with Gasteiger partial charge in [0.1, 0.15) is 11.6 Å². The van der Waals surface area contributed by atoms with Crippen LogP contribution in [0.3, 0.4) is 0 Å². The number of hydrogen-bond donors (Lipinski definition) is 0. The molecule has 2 aromatic rings. The molecular formula is C27H34Cl2F3N7. The largest absolute Gasteiger partial charge is 0.419 e. The molecule has 0 saturated carbocycles. The quantitative estimate of drug-likeness (QED) is 0.394. The Hall–Kier alpha value is -2.59. The normalized spacial score (nSPS) is 22.1. The number of hydrogen-bond acceptors (Lipinski definition) is 7. The number of pyridine rings is 1. The summed E-state index contributed by atoms with van der Waals surface area (Å²) in [6.07, 6.45) is 4.19. The smallest absolute Gasteiger partial charge is 0.353 e. The summed E-state index contributed by atoms with van der Waals surface area (Å²) in [6.45, 7) is 8.64. The van der Waals surface area contributed by atoms with Gasteiger partial charge in [0.2, 0.25) is 11.9 Å². The van der Waals surface area contributed by atoms with Crippen LogP contribution in [0.25, 0.3) is 0 Å². The Balaban J connectivity index is 0.00000172. The van der Waals surface area contributed by atoms with E-state index in [4.69, 9.17) is 38.2 Å². The number of piperazine rings is 1. The van der Waals surface area contributed by atoms with Gasteiger partial charge in [-0.05, 0) is 50.8 Å². The van der Waals surface area contributed by atoms with E-state index in [-0.39, 0.29) is 11.7 Å². The molecule has 2 saturated heterocycles. The van der Waals surface area contributed by atoms with Crippen LogP contribution in [0.1, 0.15) is 63.8 Å². The van der Waals surface area contributed by atoms with Crippen molar-refractivity contribution < 1.29 is 13.2 Å². The Morgan fingerprint density at radius 1 is 0.923 bits per heavy atom. The predicted molar refractivity (Wildman–Crippen MR) is 151 cm³/mol. The van der Waals surface area contributed by atoms with E-state index in [1.54, 1.807) is 11.0 Å². The minimum Gasteiger partial charge on any atom is -0.353 e. The standard InChI is InChI=1S/C25H28Cl2F3N7.C2H6/c1-16-5-4-10-37(16)24-33-21(18-7-2-6-17(26)15-20(18)27)32-23(34-24)36-13-11-35(12-14-36)22-19(25(28,29)30)8-3-9-31-22;1-2/h3,6,8-9,15-16,18H,2,4-5,7,10-14H2,1H3;1-2H3. The number of allylic oxidation sites excluding steroid dienone is 4. The maximum absolute atomic E-state index is 13.5. The summed E-state index contributed by atoms with van der Waals surface area (Å²) in [5.41, 5.74) is -0.724. The molecule has 5 rings (SSSR count). The molecule has 0 bridgehead atoms. The number of rotatable bonds is 4. The molecular weight excluding hydrogens is 550 g/mol. The van der Waals surface area contributed by atoms with Gasteiger partial charge in [-0.1, -0.05) is 43.1 Å². The van der Waals surface area contributed by atoms with E-state index in [0.717, 1.165) is 38.3 Å². The molecule has 39 heavy (non-hydrogen) atoms. The monoisotopic (exact) mass is 583 g/mol. The zero-order chi connectivity index (χ0) is 28.2. The highest BCUT2D eigenvalue weighted by Gasteiger charge is 2.36. The van der Waals surface area contributed by atoms with Gasteiger partial charge in [-0.15, -0.1) is 0 Å². The summed E-state index contributed by atoms with van der Waals surface area (Å²) in [7, 11) is 0. The average molecular weight is 585 g/mol. The molecule has 0 aromatic carbocycles. The molecule has 2 aliphatic heterocycles. The Morgan fingerprint density at radius 2 is 1.62 bits per heavy atom. The number of aromatic nitrogens is 4. The van der Waals surface area contributed by atoms with Gasteiger partial charge in [-0.3, -0.25) is 0 Å². The number of nitrogens with zero attached hydrogens (tertiary/aromatic N) is 7. The van der Waals surface area contributed by atoms with E-state index in [0.29, 0.717) is 60.0 Å². The van der Waals surface area contributed by atoms with E-state index in [9.17, 15) is 13.2 Å². The van der Waals surface area contributed by atoms with Crippen molar-refractivity contribution in [1.82, 2.24) is 19.9 Å². The average Bonchev–Trinajstić information content (AvgIpc) is 3.29. The highest BCUT2D eigenvalue weighted by Crippen LogP contribution is 2.37. The summed E-state index contributed by atoms with van der Waals surface area (Å²) >= 11 is 12.9. The molecule has 2 atom stereocenters. The third-order valence-electron chi connectivity index (χ3n) is 7.11. The lowest BCUT2D eigenvalue weighted by atomic mass is 10.0. The third kappa shape index (κ3) is 6.77. The molecule has 4 heterocycles. The van der Waals surface area contributed by atoms with E-state index in [2.05, 4.69) is 16.8 Å². The fourth-order valence-corrected chi connectivity index (χ4v) is 5.69. The SMILES string of the molecule is CC.CC1CCCN1c1nc(C2CCC=C(Cl)C=C2Cl)nc(N2CCN(c3ncccc3C(F)(F)F)CC2)n1. The molecule has 2 aromatic heterocycles. The van der Waals surface area contributed by atoms with Crippen molar-refractivity contribution in [2.45, 2.75) is 64.6 Å². The zero-order valence-corrected chi connectivity index (χ0v) is 23.9. The van der Waals surface area contributed by atoms with E-state index < -0.39 is 11.7 Å². The Bertz CT molecular complexity index is 1200. The number of alkyl halides is 3. The van der Waals surface area contributed by atoms with Gasteiger partial charge in [0.25, 0.3) is 0 Å². The first-order chi connectivity index (χ1) is 18.7. The molecule has 0 spiro atoms. The lowest BCUT2D eigenvalue weighted by molar-refractivity contribution is -0.137. The van der Waals surface area contributed by atoms with E-state index in [1.807, 2.05) is 24.8 Å². The first-order valence-electron chi connectivity index (χ1n) is 13.5. The molecule has 1 aliphatic carbocycles. The summed E-state index contributed by atoms with van der Waals surface area (Å²) < 4.78 is 40.6. The molecule has 0 radical (unpaired) electrons. The third-order valence-corrected chi connectivity index (χ3v) is 7.74. The van der Waals surface area contributed by atoms with Crippen molar-refractivity contribution in [2.24, 2.45) is 0 Å². The molecule has 212 valence electrons. The fraction of sp³-hybridized carbons (Fsp3) is 0.556. The van der Waals surface area contributed by atoms with Crippen molar-refractivity contribution in [1.29, 1.82) is 0 Å². The van der Waals surface area contributed by atoms with Gasteiger partial charge in [-0.25, -0.2) is 4.98 Å². The molecule has 2 fully saturated rings. The van der Waals surface area contributed by atoms with Gasteiger partial charge in [0, 0.05) is 55.0 Å². The first-order valence-corrected chi connectivity index (χ1v) is 14.2. The van der Waals surface area contributed by atoms with Crippen molar-refractivity contribution in [2.75, 3.05) is 47.4 Å². The zero-order valence-electron chi connectivity index (χ0n) is 22.4. The summed E-state index contributed by atoms with van der Waals surface area (Å²) in [5, 5.41) is 1.18. The molecule has 2 unspecified atom stereocenters. The van der Waals surface area contributed by atoms with Gasteiger partial charge < -0.3 is 14.7 Å². The van der Waals surface area contributed by atoms with Crippen LogP contribution in [0.15, 0.2) is 40.5 Å². The number of halogens is 5. The fourth-order valence-electron chi connectivity index (χ4n) is 5.08. The topological polar surface area (TPSA) is 61.3 Å². The lowest BCUT2D eigenvalue weighted by Crippen LogP contribution is -2.48. The second kappa shape index (κ2) is 12.7. The van der Waals surface area contributed by atoms with Crippen LogP contribution in [0.2, 0.25) is 0 Å². The lowest BCUT2D eigenvalue weighted by Gasteiger charge is -2.36.